The summed E-state index contributed by atoms with van der Waals surface area (Å²) in [5.74, 6) is -1.48. The number of fused-ring (bicyclic) bond motifs is 3. The molecule has 1 fully saturated rings. The number of aromatic nitrogens is 1. The van der Waals surface area contributed by atoms with Gasteiger partial charge in [-0.3, -0.25) is 9.78 Å². The number of anilines is 1. The van der Waals surface area contributed by atoms with Crippen LogP contribution >= 0.6 is 0 Å². The lowest BCUT2D eigenvalue weighted by Crippen LogP contribution is -2.44. The summed E-state index contributed by atoms with van der Waals surface area (Å²) in [6.07, 6.45) is 6.94. The molecule has 2 aliphatic heterocycles. The lowest BCUT2D eigenvalue weighted by molar-refractivity contribution is 0.0951. The van der Waals surface area contributed by atoms with Gasteiger partial charge in [-0.1, -0.05) is 36.4 Å². The third kappa shape index (κ3) is 2.74. The number of halogens is 1. The van der Waals surface area contributed by atoms with E-state index in [0.29, 0.717) is 11.1 Å². The van der Waals surface area contributed by atoms with Gasteiger partial charge in [0.05, 0.1) is 18.2 Å². The van der Waals surface area contributed by atoms with Crippen molar-refractivity contribution in [2.45, 2.75) is 18.0 Å². The molecule has 0 saturated carbocycles. The Morgan fingerprint density at radius 3 is 2.47 bits per heavy atom. The zero-order valence-corrected chi connectivity index (χ0v) is 16.9. The van der Waals surface area contributed by atoms with Gasteiger partial charge in [0.25, 0.3) is 0 Å². The van der Waals surface area contributed by atoms with E-state index < -0.39 is 29.2 Å². The molecular weight excluding hydrogens is 403 g/mol. The smallest absolute Gasteiger partial charge is 0.185 e. The zero-order chi connectivity index (χ0) is 22.3. The Hall–Kier alpha value is -4.29. The van der Waals surface area contributed by atoms with Crippen LogP contribution in [0.2, 0.25) is 0 Å². The summed E-state index contributed by atoms with van der Waals surface area (Å²) in [5.41, 5.74) is 1.12. The van der Waals surface area contributed by atoms with Crippen LogP contribution in [0.3, 0.4) is 0 Å². The van der Waals surface area contributed by atoms with Crippen molar-refractivity contribution in [1.29, 1.82) is 10.5 Å². The van der Waals surface area contributed by atoms with Gasteiger partial charge in [-0.2, -0.15) is 10.5 Å². The molecule has 3 aromatic rings. The predicted octanol–water partition coefficient (Wildman–Crippen LogP) is 4.50. The molecule has 2 aromatic carbocycles. The molecule has 0 spiro atoms. The number of ketones is 1. The fourth-order valence-corrected chi connectivity index (χ4v) is 4.95. The van der Waals surface area contributed by atoms with Crippen molar-refractivity contribution in [3.8, 4) is 12.1 Å². The molecule has 0 aliphatic carbocycles. The number of rotatable bonds is 3. The monoisotopic (exact) mass is 420 g/mol. The second kappa shape index (κ2) is 7.44. The molecule has 0 amide bonds. The van der Waals surface area contributed by atoms with Gasteiger partial charge in [0.1, 0.15) is 11.9 Å². The zero-order valence-electron chi connectivity index (χ0n) is 16.9. The fourth-order valence-electron chi connectivity index (χ4n) is 4.95. The van der Waals surface area contributed by atoms with E-state index in [2.05, 4.69) is 17.1 Å². The minimum Gasteiger partial charge on any atom is -0.351 e. The highest BCUT2D eigenvalue weighted by molar-refractivity contribution is 6.04. The molecule has 154 valence electrons. The van der Waals surface area contributed by atoms with Crippen molar-refractivity contribution in [2.75, 3.05) is 4.90 Å². The van der Waals surface area contributed by atoms with Crippen molar-refractivity contribution in [2.24, 2.45) is 5.41 Å². The Morgan fingerprint density at radius 1 is 1.03 bits per heavy atom. The van der Waals surface area contributed by atoms with Gasteiger partial charge in [-0.15, -0.1) is 0 Å². The molecule has 1 saturated heterocycles. The number of para-hydroxylation sites is 1. The standard InChI is InChI=1S/C26H17FN4O/c27-20-10-7-18(8-11-20)25(32)24-23(19-5-3-13-30-14-19)26(15-28,16-29)22-12-9-17-4-1-2-6-21(17)31(22)24/h1-14,22-24H/t22-,23+,24+/m1/s1. The summed E-state index contributed by atoms with van der Waals surface area (Å²) < 4.78 is 13.5. The third-order valence-electron chi connectivity index (χ3n) is 6.36. The summed E-state index contributed by atoms with van der Waals surface area (Å²) in [7, 11) is 0. The Bertz CT molecular complexity index is 1290. The number of hydrogen-bond acceptors (Lipinski definition) is 5. The normalized spacial score (nSPS) is 22.3. The maximum absolute atomic E-state index is 13.9. The van der Waals surface area contributed by atoms with E-state index in [4.69, 9.17) is 0 Å². The fraction of sp³-hybridized carbons (Fsp3) is 0.154. The molecule has 5 nitrogen and oxygen atoms in total. The summed E-state index contributed by atoms with van der Waals surface area (Å²) in [4.78, 5) is 20.0. The van der Waals surface area contributed by atoms with Crippen LogP contribution in [-0.4, -0.2) is 22.9 Å². The van der Waals surface area contributed by atoms with Gasteiger partial charge in [-0.25, -0.2) is 4.39 Å². The SMILES string of the molecule is N#CC1(C#N)[C@@H](c2cccnc2)[C@@H](C(=O)c2ccc(F)cc2)N2c3ccccc3C=C[C@@H]21. The largest absolute Gasteiger partial charge is 0.351 e. The van der Waals surface area contributed by atoms with Crippen LogP contribution in [0, 0.1) is 33.9 Å². The molecule has 5 rings (SSSR count). The maximum Gasteiger partial charge on any atom is 0.185 e. The molecule has 3 heterocycles. The van der Waals surface area contributed by atoms with E-state index >= 15 is 0 Å². The summed E-state index contributed by atoms with van der Waals surface area (Å²) in [6, 6.07) is 19.5. The Labute approximate surface area is 184 Å². The first kappa shape index (κ1) is 19.7. The van der Waals surface area contributed by atoms with Crippen molar-refractivity contribution in [1.82, 2.24) is 4.98 Å². The second-order valence-electron chi connectivity index (χ2n) is 7.94. The quantitative estimate of drug-likeness (QED) is 0.583. The first-order valence-corrected chi connectivity index (χ1v) is 10.2. The maximum atomic E-state index is 13.9. The van der Waals surface area contributed by atoms with E-state index in [0.717, 1.165) is 11.3 Å². The van der Waals surface area contributed by atoms with Crippen LogP contribution in [0.4, 0.5) is 10.1 Å². The number of nitrogens with zero attached hydrogens (tertiary/aromatic N) is 4. The summed E-state index contributed by atoms with van der Waals surface area (Å²) in [6.45, 7) is 0. The summed E-state index contributed by atoms with van der Waals surface area (Å²) >= 11 is 0. The first-order chi connectivity index (χ1) is 15.6. The predicted molar refractivity (Wildman–Crippen MR) is 117 cm³/mol. The number of carbonyl (C=O) groups is 1. The molecule has 0 bridgehead atoms. The van der Waals surface area contributed by atoms with Crippen LogP contribution in [-0.2, 0) is 0 Å². The van der Waals surface area contributed by atoms with Crippen molar-refractivity contribution in [3.05, 3.63) is 102 Å². The highest BCUT2D eigenvalue weighted by Gasteiger charge is 2.63. The first-order valence-electron chi connectivity index (χ1n) is 10.2. The molecule has 1 aromatic heterocycles. The topological polar surface area (TPSA) is 80.8 Å². The van der Waals surface area contributed by atoms with Gasteiger partial charge in [0.15, 0.2) is 11.2 Å². The van der Waals surface area contributed by atoms with Crippen molar-refractivity contribution in [3.63, 3.8) is 0 Å². The number of hydrogen-bond donors (Lipinski definition) is 0. The highest BCUT2D eigenvalue weighted by atomic mass is 19.1. The molecule has 2 aliphatic rings. The molecule has 32 heavy (non-hydrogen) atoms. The Balaban J connectivity index is 1.78. The van der Waals surface area contributed by atoms with E-state index in [1.54, 1.807) is 24.5 Å². The highest BCUT2D eigenvalue weighted by Crippen LogP contribution is 2.55. The number of carbonyl (C=O) groups excluding carboxylic acids is 1. The lowest BCUT2D eigenvalue weighted by Gasteiger charge is -2.35. The number of benzene rings is 2. The van der Waals surface area contributed by atoms with Crippen LogP contribution in [0.15, 0.2) is 79.1 Å². The molecule has 3 atom stereocenters. The Morgan fingerprint density at radius 2 is 1.78 bits per heavy atom. The van der Waals surface area contributed by atoms with Gasteiger partial charge < -0.3 is 4.90 Å². The van der Waals surface area contributed by atoms with Crippen LogP contribution in [0.25, 0.3) is 6.08 Å². The minimum atomic E-state index is -1.52. The van der Waals surface area contributed by atoms with E-state index in [1.807, 2.05) is 41.3 Å². The van der Waals surface area contributed by atoms with Crippen LogP contribution < -0.4 is 4.90 Å². The number of pyridine rings is 1. The average Bonchev–Trinajstić information content (AvgIpc) is 3.15. The van der Waals surface area contributed by atoms with Gasteiger partial charge in [0, 0.05) is 29.6 Å². The molecule has 0 N–H and O–H groups in total. The van der Waals surface area contributed by atoms with E-state index in [9.17, 15) is 19.7 Å². The second-order valence-corrected chi connectivity index (χ2v) is 7.94. The number of nitriles is 2. The van der Waals surface area contributed by atoms with Gasteiger partial charge in [0.2, 0.25) is 0 Å². The van der Waals surface area contributed by atoms with E-state index in [-0.39, 0.29) is 5.78 Å². The van der Waals surface area contributed by atoms with Crippen molar-refractivity contribution >= 4 is 17.5 Å². The van der Waals surface area contributed by atoms with Crippen LogP contribution in [0.1, 0.15) is 27.4 Å². The summed E-state index contributed by atoms with van der Waals surface area (Å²) in [5, 5.41) is 20.7. The third-order valence-corrected chi connectivity index (χ3v) is 6.36. The van der Waals surface area contributed by atoms with Gasteiger partial charge in [-0.05, 0) is 47.5 Å². The van der Waals surface area contributed by atoms with E-state index in [1.165, 1.54) is 24.3 Å². The minimum absolute atomic E-state index is 0.277. The van der Waals surface area contributed by atoms with Gasteiger partial charge >= 0.3 is 0 Å². The van der Waals surface area contributed by atoms with Crippen LogP contribution in [0.5, 0.6) is 0 Å². The lowest BCUT2D eigenvalue weighted by atomic mass is 9.69. The molecular formula is C26H17FN4O. The van der Waals surface area contributed by atoms with Crippen molar-refractivity contribution < 1.29 is 9.18 Å². The number of Topliss-reactive ketones (excluding diaryl/α,β-unsaturated/α-hetero) is 1. The molecule has 0 radical (unpaired) electrons. The average molecular weight is 420 g/mol. The Kier molecular flexibility index (Phi) is 4.57. The molecule has 0 unspecified atom stereocenters. The molecule has 6 heteroatoms.